The average Bonchev–Trinajstić information content (AvgIpc) is 2.62. The van der Waals surface area contributed by atoms with Crippen molar-refractivity contribution >= 4 is 28.5 Å². The first kappa shape index (κ1) is 14.5. The Bertz CT molecular complexity index is 966. The second-order valence-corrected chi connectivity index (χ2v) is 5.57. The van der Waals surface area contributed by atoms with E-state index in [9.17, 15) is 0 Å². The van der Waals surface area contributed by atoms with Crippen LogP contribution in [-0.4, -0.2) is 24.2 Å². The highest BCUT2D eigenvalue weighted by atomic mass is 16.5. The summed E-state index contributed by atoms with van der Waals surface area (Å²) in [6.45, 7) is 2.05. The molecule has 5 nitrogen and oxygen atoms in total. The number of hydrogen-bond donors (Lipinski definition) is 0. The maximum Gasteiger partial charge on any atom is 0.149 e. The molecule has 1 aliphatic rings. The molecule has 1 aromatic heterocycles. The first-order chi connectivity index (χ1) is 11.7. The Balaban J connectivity index is 2.04. The number of anilines is 2. The smallest absolute Gasteiger partial charge is 0.149 e. The fourth-order valence-electron chi connectivity index (χ4n) is 3.19. The molecule has 0 radical (unpaired) electrons. The number of hydrogen-bond acceptors (Lipinski definition) is 5. The lowest BCUT2D eigenvalue weighted by molar-refractivity contribution is 0.414. The quantitative estimate of drug-likeness (QED) is 0.725. The molecule has 0 N–H and O–H groups in total. The zero-order valence-electron chi connectivity index (χ0n) is 13.8. The van der Waals surface area contributed by atoms with Gasteiger partial charge in [0.2, 0.25) is 0 Å². The van der Waals surface area contributed by atoms with E-state index in [4.69, 9.17) is 9.47 Å². The van der Waals surface area contributed by atoms with E-state index in [0.29, 0.717) is 0 Å². The van der Waals surface area contributed by atoms with Crippen LogP contribution in [0.1, 0.15) is 12.5 Å². The number of allylic oxidation sites excluding steroid dienone is 1. The van der Waals surface area contributed by atoms with Crippen LogP contribution >= 0.6 is 0 Å². The second kappa shape index (κ2) is 5.53. The van der Waals surface area contributed by atoms with E-state index in [1.54, 1.807) is 20.5 Å². The number of aromatic nitrogens is 2. The molecule has 24 heavy (non-hydrogen) atoms. The molecule has 4 rings (SSSR count). The van der Waals surface area contributed by atoms with Gasteiger partial charge < -0.3 is 9.47 Å². The van der Waals surface area contributed by atoms with Gasteiger partial charge in [0.05, 0.1) is 30.8 Å². The van der Waals surface area contributed by atoms with E-state index in [0.717, 1.165) is 45.2 Å². The molecule has 0 fully saturated rings. The van der Waals surface area contributed by atoms with Crippen LogP contribution in [0.3, 0.4) is 0 Å². The van der Waals surface area contributed by atoms with Gasteiger partial charge in [-0.1, -0.05) is 12.1 Å². The summed E-state index contributed by atoms with van der Waals surface area (Å²) in [6, 6.07) is 11.8. The van der Waals surface area contributed by atoms with Crippen molar-refractivity contribution in [1.82, 2.24) is 9.97 Å². The third-order valence-electron chi connectivity index (χ3n) is 4.25. The highest BCUT2D eigenvalue weighted by molar-refractivity contribution is 6.04. The Morgan fingerprint density at radius 1 is 0.917 bits per heavy atom. The molecule has 0 saturated carbocycles. The van der Waals surface area contributed by atoms with E-state index in [2.05, 4.69) is 27.9 Å². The van der Waals surface area contributed by atoms with Crippen molar-refractivity contribution in [3.05, 3.63) is 54.0 Å². The van der Waals surface area contributed by atoms with Gasteiger partial charge in [0.1, 0.15) is 23.6 Å². The zero-order valence-corrected chi connectivity index (χ0v) is 13.8. The Morgan fingerprint density at radius 2 is 1.71 bits per heavy atom. The van der Waals surface area contributed by atoms with Gasteiger partial charge in [-0.2, -0.15) is 0 Å². The van der Waals surface area contributed by atoms with Crippen molar-refractivity contribution in [3.8, 4) is 11.5 Å². The van der Waals surface area contributed by atoms with Crippen molar-refractivity contribution in [2.24, 2.45) is 0 Å². The van der Waals surface area contributed by atoms with Crippen LogP contribution in [0, 0.1) is 0 Å². The molecule has 0 bridgehead atoms. The summed E-state index contributed by atoms with van der Waals surface area (Å²) in [5.41, 5.74) is 3.88. The van der Waals surface area contributed by atoms with Crippen molar-refractivity contribution in [1.29, 1.82) is 0 Å². The number of methoxy groups -OCH3 is 2. The molecule has 0 amide bonds. The number of rotatable bonds is 3. The molecule has 0 spiro atoms. The Kier molecular flexibility index (Phi) is 3.34. The number of ether oxygens (including phenoxy) is 2. The standard InChI is InChI=1S/C19H17N3O2/c1-12-10-13-16(23-2)9-8-14-18(13)19(21-11-20-14)22(12)15-6-4-5-7-17(15)24-3/h4-11H,1-3H3. The van der Waals surface area contributed by atoms with E-state index >= 15 is 0 Å². The number of nitrogens with zero attached hydrogens (tertiary/aromatic N) is 3. The summed E-state index contributed by atoms with van der Waals surface area (Å²) in [6.07, 6.45) is 3.69. The molecule has 0 saturated heterocycles. The monoisotopic (exact) mass is 319 g/mol. The molecular formula is C19H17N3O2. The molecule has 5 heteroatoms. The van der Waals surface area contributed by atoms with E-state index in [-0.39, 0.29) is 0 Å². The van der Waals surface area contributed by atoms with E-state index in [1.807, 2.05) is 36.4 Å². The predicted octanol–water partition coefficient (Wildman–Crippen LogP) is 4.16. The van der Waals surface area contributed by atoms with Crippen LogP contribution in [-0.2, 0) is 0 Å². The minimum atomic E-state index is 0.795. The molecule has 0 aliphatic carbocycles. The second-order valence-electron chi connectivity index (χ2n) is 5.57. The molecule has 120 valence electrons. The lowest BCUT2D eigenvalue weighted by atomic mass is 10.0. The molecule has 2 heterocycles. The summed E-state index contributed by atoms with van der Waals surface area (Å²) in [4.78, 5) is 11.1. The third-order valence-corrected chi connectivity index (χ3v) is 4.25. The summed E-state index contributed by atoms with van der Waals surface area (Å²) in [5, 5.41) is 0.980. The van der Waals surface area contributed by atoms with Crippen LogP contribution < -0.4 is 14.4 Å². The van der Waals surface area contributed by atoms with Gasteiger partial charge in [-0.3, -0.25) is 4.90 Å². The Labute approximate surface area is 140 Å². The normalized spacial score (nSPS) is 13.0. The van der Waals surface area contributed by atoms with Gasteiger partial charge in [-0.15, -0.1) is 0 Å². The minimum absolute atomic E-state index is 0.795. The topological polar surface area (TPSA) is 47.5 Å². The minimum Gasteiger partial charge on any atom is -0.496 e. The summed E-state index contributed by atoms with van der Waals surface area (Å²) in [7, 11) is 3.35. The van der Waals surface area contributed by atoms with Crippen LogP contribution in [0.25, 0.3) is 17.0 Å². The summed E-state index contributed by atoms with van der Waals surface area (Å²) in [5.74, 6) is 2.44. The Morgan fingerprint density at radius 3 is 2.50 bits per heavy atom. The maximum atomic E-state index is 5.54. The largest absolute Gasteiger partial charge is 0.496 e. The van der Waals surface area contributed by atoms with E-state index < -0.39 is 0 Å². The lowest BCUT2D eigenvalue weighted by Gasteiger charge is -2.30. The van der Waals surface area contributed by atoms with Gasteiger partial charge in [0.25, 0.3) is 0 Å². The van der Waals surface area contributed by atoms with E-state index in [1.165, 1.54) is 0 Å². The SMILES string of the molecule is COc1ccccc1N1C(C)=Cc2c(OC)ccc3ncnc1c23. The molecule has 1 aliphatic heterocycles. The van der Waals surface area contributed by atoms with Crippen molar-refractivity contribution in [2.75, 3.05) is 19.1 Å². The van der Waals surface area contributed by atoms with Crippen LogP contribution in [0.2, 0.25) is 0 Å². The van der Waals surface area contributed by atoms with Crippen LogP contribution in [0.15, 0.2) is 48.4 Å². The maximum absolute atomic E-state index is 5.54. The van der Waals surface area contributed by atoms with Crippen molar-refractivity contribution < 1.29 is 9.47 Å². The predicted molar refractivity (Wildman–Crippen MR) is 94.9 cm³/mol. The lowest BCUT2D eigenvalue weighted by Crippen LogP contribution is -2.20. The highest BCUT2D eigenvalue weighted by Gasteiger charge is 2.26. The summed E-state index contributed by atoms with van der Waals surface area (Å²) < 4.78 is 11.1. The van der Waals surface area contributed by atoms with Gasteiger partial charge in [0.15, 0.2) is 0 Å². The molecular weight excluding hydrogens is 302 g/mol. The molecule has 0 unspecified atom stereocenters. The van der Waals surface area contributed by atoms with Gasteiger partial charge in [-0.05, 0) is 37.3 Å². The zero-order chi connectivity index (χ0) is 16.7. The van der Waals surface area contributed by atoms with Gasteiger partial charge in [0, 0.05) is 11.3 Å². The van der Waals surface area contributed by atoms with Crippen molar-refractivity contribution in [3.63, 3.8) is 0 Å². The third kappa shape index (κ3) is 2.01. The highest BCUT2D eigenvalue weighted by Crippen LogP contribution is 2.45. The van der Waals surface area contributed by atoms with Gasteiger partial charge >= 0.3 is 0 Å². The Hall–Kier alpha value is -3.08. The molecule has 3 aromatic rings. The van der Waals surface area contributed by atoms with Crippen molar-refractivity contribution in [2.45, 2.75) is 6.92 Å². The number of benzene rings is 2. The summed E-state index contributed by atoms with van der Waals surface area (Å²) >= 11 is 0. The fourth-order valence-corrected chi connectivity index (χ4v) is 3.19. The fraction of sp³-hybridized carbons (Fsp3) is 0.158. The molecule has 0 atom stereocenters. The first-order valence-electron chi connectivity index (χ1n) is 7.67. The first-order valence-corrected chi connectivity index (χ1v) is 7.67. The number of para-hydroxylation sites is 2. The average molecular weight is 319 g/mol. The van der Waals surface area contributed by atoms with Crippen LogP contribution in [0.5, 0.6) is 11.5 Å². The molecule has 2 aromatic carbocycles. The van der Waals surface area contributed by atoms with Gasteiger partial charge in [-0.25, -0.2) is 9.97 Å². The van der Waals surface area contributed by atoms with Crippen LogP contribution in [0.4, 0.5) is 11.5 Å².